The Hall–Kier alpha value is -4.62. The van der Waals surface area contributed by atoms with Crippen LogP contribution in [-0.4, -0.2) is 0 Å². The molecule has 0 aliphatic heterocycles. The van der Waals surface area contributed by atoms with E-state index in [1.807, 2.05) is 0 Å². The minimum absolute atomic E-state index is 0.0677. The van der Waals surface area contributed by atoms with Crippen LogP contribution < -0.4 is 4.90 Å². The third-order valence-electron chi connectivity index (χ3n) is 15.1. The average molecular weight is 690 g/mol. The van der Waals surface area contributed by atoms with Crippen LogP contribution in [0.1, 0.15) is 94.9 Å². The SMILES string of the molecule is CC1(C)CCC(C)(C)c2c(N(c3ccc(-c4cccc5ccccc45)cc3)c3ccc4c(c3)C3(c5ccccc5-4)C4CC5CC(C4)CC3C5)cccc21. The van der Waals surface area contributed by atoms with Crippen LogP contribution in [-0.2, 0) is 16.2 Å². The van der Waals surface area contributed by atoms with E-state index in [1.54, 1.807) is 11.1 Å². The first-order valence-electron chi connectivity index (χ1n) is 20.5. The quantitative estimate of drug-likeness (QED) is 0.178. The molecule has 6 aromatic carbocycles. The first-order chi connectivity index (χ1) is 25.7. The summed E-state index contributed by atoms with van der Waals surface area (Å²) in [5.74, 6) is 3.35. The predicted octanol–water partition coefficient (Wildman–Crippen LogP) is 14.0. The number of hydrogen-bond donors (Lipinski definition) is 0. The Labute approximate surface area is 316 Å². The molecule has 0 atom stereocenters. The fourth-order valence-electron chi connectivity index (χ4n) is 12.9. The topological polar surface area (TPSA) is 3.24 Å². The van der Waals surface area contributed by atoms with Crippen LogP contribution >= 0.6 is 0 Å². The van der Waals surface area contributed by atoms with Crippen molar-refractivity contribution in [1.82, 2.24) is 0 Å². The normalized spacial score (nSPS) is 26.7. The van der Waals surface area contributed by atoms with Gasteiger partial charge >= 0.3 is 0 Å². The van der Waals surface area contributed by atoms with E-state index < -0.39 is 0 Å². The molecule has 53 heavy (non-hydrogen) atoms. The van der Waals surface area contributed by atoms with Gasteiger partial charge in [0.2, 0.25) is 0 Å². The Bertz CT molecular complexity index is 2390. The molecule has 1 nitrogen and oxygen atoms in total. The molecule has 0 N–H and O–H groups in total. The van der Waals surface area contributed by atoms with E-state index in [0.717, 1.165) is 23.7 Å². The van der Waals surface area contributed by atoms with Crippen molar-refractivity contribution in [3.63, 3.8) is 0 Å². The van der Waals surface area contributed by atoms with Crippen LogP contribution in [0.2, 0.25) is 0 Å². The molecule has 4 bridgehead atoms. The summed E-state index contributed by atoms with van der Waals surface area (Å²) in [6.07, 6.45) is 9.48. The van der Waals surface area contributed by atoms with Gasteiger partial charge in [-0.2, -0.15) is 0 Å². The number of rotatable bonds is 4. The highest BCUT2D eigenvalue weighted by Gasteiger charge is 2.61. The number of nitrogens with zero attached hydrogens (tertiary/aromatic N) is 1. The van der Waals surface area contributed by atoms with E-state index in [1.165, 1.54) is 106 Å². The molecule has 0 heterocycles. The second kappa shape index (κ2) is 11.2. The molecule has 0 amide bonds. The molecule has 1 heteroatoms. The maximum absolute atomic E-state index is 2.68. The zero-order valence-electron chi connectivity index (χ0n) is 31.8. The van der Waals surface area contributed by atoms with Gasteiger partial charge in [-0.1, -0.05) is 125 Å². The van der Waals surface area contributed by atoms with Crippen molar-refractivity contribution in [2.45, 2.75) is 88.9 Å². The summed E-state index contributed by atoms with van der Waals surface area (Å²) in [6.45, 7) is 9.87. The zero-order chi connectivity index (χ0) is 35.7. The molecule has 1 spiro atoms. The van der Waals surface area contributed by atoms with Crippen LogP contribution in [0.15, 0.2) is 127 Å². The van der Waals surface area contributed by atoms with Gasteiger partial charge in [0.15, 0.2) is 0 Å². The minimum atomic E-state index is 0.0677. The van der Waals surface area contributed by atoms with Gasteiger partial charge in [0.05, 0.1) is 5.69 Å². The zero-order valence-corrected chi connectivity index (χ0v) is 31.8. The molecule has 6 aliphatic rings. The van der Waals surface area contributed by atoms with E-state index in [9.17, 15) is 0 Å². The maximum atomic E-state index is 2.68. The van der Waals surface area contributed by atoms with Gasteiger partial charge < -0.3 is 4.90 Å². The van der Waals surface area contributed by atoms with Gasteiger partial charge in [-0.15, -0.1) is 0 Å². The van der Waals surface area contributed by atoms with Gasteiger partial charge in [0.25, 0.3) is 0 Å². The van der Waals surface area contributed by atoms with Crippen molar-refractivity contribution in [2.24, 2.45) is 23.7 Å². The molecule has 0 radical (unpaired) electrons. The lowest BCUT2D eigenvalue weighted by Crippen LogP contribution is -2.55. The van der Waals surface area contributed by atoms with Crippen LogP contribution in [0.3, 0.4) is 0 Å². The number of hydrogen-bond acceptors (Lipinski definition) is 1. The van der Waals surface area contributed by atoms with Gasteiger partial charge in [0.1, 0.15) is 0 Å². The fraction of sp³-hybridized carbons (Fsp3) is 0.346. The highest BCUT2D eigenvalue weighted by atomic mass is 15.1. The summed E-state index contributed by atoms with van der Waals surface area (Å²) in [7, 11) is 0. The van der Waals surface area contributed by atoms with Crippen molar-refractivity contribution in [1.29, 1.82) is 0 Å². The first-order valence-corrected chi connectivity index (χ1v) is 20.5. The standard InChI is InChI=1S/C52H51N/c1-50(2)25-26-51(3,4)49-46(50)17-10-18-48(49)53(39-21-19-36(20-22-39)42-15-9-12-35-11-5-6-13-41(35)42)40-23-24-44-43-14-7-8-16-45(43)52(47(44)32-40)37-28-33-27-34(30-37)31-38(52)29-33/h5-24,32-34,37-38H,25-31H2,1-4H3. The summed E-state index contributed by atoms with van der Waals surface area (Å²) < 4.78 is 0. The van der Waals surface area contributed by atoms with Crippen molar-refractivity contribution in [3.8, 4) is 22.3 Å². The summed E-state index contributed by atoms with van der Waals surface area (Å²) in [5.41, 5.74) is 16.0. The van der Waals surface area contributed by atoms with Gasteiger partial charge in [0, 0.05) is 16.8 Å². The Morgan fingerprint density at radius 3 is 1.89 bits per heavy atom. The van der Waals surface area contributed by atoms with Crippen molar-refractivity contribution < 1.29 is 0 Å². The summed E-state index contributed by atoms with van der Waals surface area (Å²) >= 11 is 0. The van der Waals surface area contributed by atoms with E-state index in [2.05, 4.69) is 160 Å². The number of anilines is 3. The van der Waals surface area contributed by atoms with Crippen LogP contribution in [0.25, 0.3) is 33.0 Å². The lowest BCUT2D eigenvalue weighted by molar-refractivity contribution is -0.0399. The smallest absolute Gasteiger partial charge is 0.0502 e. The summed E-state index contributed by atoms with van der Waals surface area (Å²) in [4.78, 5) is 2.64. The lowest BCUT2D eigenvalue weighted by atomic mass is 9.43. The molecule has 0 saturated heterocycles. The van der Waals surface area contributed by atoms with Crippen LogP contribution in [0.4, 0.5) is 17.1 Å². The number of fused-ring (bicyclic) bond motifs is 5. The van der Waals surface area contributed by atoms with Crippen LogP contribution in [0.5, 0.6) is 0 Å². The second-order valence-electron chi connectivity index (χ2n) is 18.8. The lowest BCUT2D eigenvalue weighted by Gasteiger charge is -2.61. The Balaban J connectivity index is 1.13. The van der Waals surface area contributed by atoms with E-state index in [4.69, 9.17) is 0 Å². The number of benzene rings is 6. The van der Waals surface area contributed by atoms with Crippen molar-refractivity contribution in [3.05, 3.63) is 150 Å². The molecule has 4 fully saturated rings. The third kappa shape index (κ3) is 4.49. The molecule has 0 unspecified atom stereocenters. The molecular formula is C52H51N. The highest BCUT2D eigenvalue weighted by Crippen LogP contribution is 2.69. The Morgan fingerprint density at radius 1 is 0.491 bits per heavy atom. The Kier molecular flexibility index (Phi) is 6.74. The maximum Gasteiger partial charge on any atom is 0.0502 e. The summed E-state index contributed by atoms with van der Waals surface area (Å²) in [6, 6.07) is 49.3. The van der Waals surface area contributed by atoms with Gasteiger partial charge in [-0.05, 0) is 165 Å². The van der Waals surface area contributed by atoms with Crippen molar-refractivity contribution in [2.75, 3.05) is 4.90 Å². The predicted molar refractivity (Wildman–Crippen MR) is 223 cm³/mol. The molecule has 4 saturated carbocycles. The molecule has 264 valence electrons. The van der Waals surface area contributed by atoms with Gasteiger partial charge in [-0.25, -0.2) is 0 Å². The van der Waals surface area contributed by atoms with Gasteiger partial charge in [-0.3, -0.25) is 0 Å². The molecule has 12 rings (SSSR count). The third-order valence-corrected chi connectivity index (χ3v) is 15.1. The monoisotopic (exact) mass is 689 g/mol. The summed E-state index contributed by atoms with van der Waals surface area (Å²) in [5, 5.41) is 2.59. The molecular weight excluding hydrogens is 639 g/mol. The van der Waals surface area contributed by atoms with E-state index >= 15 is 0 Å². The fourth-order valence-corrected chi connectivity index (χ4v) is 12.9. The average Bonchev–Trinajstić information content (AvgIpc) is 3.46. The largest absolute Gasteiger partial charge is 0.310 e. The Morgan fingerprint density at radius 2 is 1.09 bits per heavy atom. The van der Waals surface area contributed by atoms with Crippen molar-refractivity contribution >= 4 is 27.8 Å². The van der Waals surface area contributed by atoms with E-state index in [-0.39, 0.29) is 16.2 Å². The highest BCUT2D eigenvalue weighted by molar-refractivity contribution is 5.97. The minimum Gasteiger partial charge on any atom is -0.310 e. The second-order valence-corrected chi connectivity index (χ2v) is 18.8. The molecule has 6 aromatic rings. The van der Waals surface area contributed by atoms with Crippen LogP contribution in [0, 0.1) is 23.7 Å². The molecule has 0 aromatic heterocycles. The first kappa shape index (κ1) is 31.9. The van der Waals surface area contributed by atoms with E-state index in [0.29, 0.717) is 0 Å². The molecule has 6 aliphatic carbocycles.